The molecule has 2 aliphatic rings. The summed E-state index contributed by atoms with van der Waals surface area (Å²) >= 11 is 0. The van der Waals surface area contributed by atoms with Crippen molar-refractivity contribution in [3.05, 3.63) is 40.5 Å². The van der Waals surface area contributed by atoms with Crippen LogP contribution in [-0.4, -0.2) is 67.8 Å². The van der Waals surface area contributed by atoms with Gasteiger partial charge in [0.2, 0.25) is 0 Å². The van der Waals surface area contributed by atoms with Crippen molar-refractivity contribution in [2.24, 2.45) is 0 Å². The summed E-state index contributed by atoms with van der Waals surface area (Å²) in [4.78, 5) is 29.6. The summed E-state index contributed by atoms with van der Waals surface area (Å²) in [5.74, 6) is -0.0508. The lowest BCUT2D eigenvalue weighted by atomic mass is 9.84. The van der Waals surface area contributed by atoms with Crippen LogP contribution in [0.1, 0.15) is 54.1 Å². The molecule has 3 rings (SSSR count). The molecule has 0 saturated carbocycles. The molecule has 1 saturated heterocycles. The number of nitrogens with zero attached hydrogens (tertiary/aromatic N) is 3. The van der Waals surface area contributed by atoms with Crippen LogP contribution in [0.4, 0.5) is 0 Å². The van der Waals surface area contributed by atoms with Gasteiger partial charge in [-0.1, -0.05) is 12.1 Å². The second kappa shape index (κ2) is 9.11. The Balaban J connectivity index is 1.92. The molecule has 1 aliphatic carbocycles. The van der Waals surface area contributed by atoms with Gasteiger partial charge in [-0.15, -0.1) is 0 Å². The molecular weight excluding hydrogens is 378 g/mol. The van der Waals surface area contributed by atoms with E-state index in [1.165, 1.54) is 0 Å². The molecule has 0 radical (unpaired) electrons. The van der Waals surface area contributed by atoms with Crippen molar-refractivity contribution >= 4 is 17.3 Å². The highest BCUT2D eigenvalue weighted by Gasteiger charge is 2.35. The van der Waals surface area contributed by atoms with Gasteiger partial charge in [-0.25, -0.2) is 0 Å². The van der Waals surface area contributed by atoms with E-state index in [0.717, 1.165) is 36.9 Å². The molecule has 1 heterocycles. The topological polar surface area (TPSA) is 73.6 Å². The van der Waals surface area contributed by atoms with E-state index < -0.39 is 0 Å². The first kappa shape index (κ1) is 22.2. The number of piperidine rings is 1. The third-order valence-electron chi connectivity index (χ3n) is 6.30. The van der Waals surface area contributed by atoms with Crippen LogP contribution in [0.5, 0.6) is 0 Å². The fourth-order valence-corrected chi connectivity index (χ4v) is 4.20. The number of benzene rings is 1. The molecule has 6 nitrogen and oxygen atoms in total. The maximum atomic E-state index is 12.7. The zero-order chi connectivity index (χ0) is 21.9. The van der Waals surface area contributed by atoms with Gasteiger partial charge in [0, 0.05) is 44.2 Å². The van der Waals surface area contributed by atoms with E-state index in [2.05, 4.69) is 22.8 Å². The van der Waals surface area contributed by atoms with Crippen molar-refractivity contribution in [1.29, 1.82) is 5.26 Å². The van der Waals surface area contributed by atoms with Gasteiger partial charge in [0.15, 0.2) is 11.6 Å². The minimum Gasteiger partial charge on any atom is -0.378 e. The molecule has 0 bridgehead atoms. The third kappa shape index (κ3) is 4.63. The van der Waals surface area contributed by atoms with Crippen LogP contribution < -0.4 is 0 Å². The summed E-state index contributed by atoms with van der Waals surface area (Å²) < 4.78 is 5.64. The molecule has 160 valence electrons. The van der Waals surface area contributed by atoms with E-state index in [-0.39, 0.29) is 29.2 Å². The summed E-state index contributed by atoms with van der Waals surface area (Å²) in [6, 6.07) is 7.72. The Bertz CT molecular complexity index is 903. The van der Waals surface area contributed by atoms with E-state index in [4.69, 9.17) is 4.74 Å². The Morgan fingerprint density at radius 2 is 2.00 bits per heavy atom. The molecule has 0 aromatic heterocycles. The monoisotopic (exact) mass is 409 g/mol. The largest absolute Gasteiger partial charge is 0.378 e. The Kier molecular flexibility index (Phi) is 6.74. The quantitative estimate of drug-likeness (QED) is 0.645. The number of likely N-dealkylation sites (tertiary alicyclic amines) is 1. The normalized spacial score (nSPS) is 18.4. The number of hydrogen-bond donors (Lipinski definition) is 0. The molecule has 6 heteroatoms. The summed E-state index contributed by atoms with van der Waals surface area (Å²) in [5, 5.41) is 9.73. The highest BCUT2D eigenvalue weighted by Crippen LogP contribution is 2.36. The summed E-state index contributed by atoms with van der Waals surface area (Å²) in [7, 11) is 5.71. The Labute approximate surface area is 179 Å². The van der Waals surface area contributed by atoms with Crippen molar-refractivity contribution in [3.8, 4) is 6.07 Å². The minimum absolute atomic E-state index is 0.0972. The smallest absolute Gasteiger partial charge is 0.179 e. The van der Waals surface area contributed by atoms with Gasteiger partial charge >= 0.3 is 0 Å². The Morgan fingerprint density at radius 1 is 1.30 bits per heavy atom. The number of ether oxygens (including phenoxy) is 1. The van der Waals surface area contributed by atoms with Gasteiger partial charge in [0.1, 0.15) is 11.6 Å². The number of fused-ring (bicyclic) bond motifs is 1. The molecule has 1 fully saturated rings. The SMILES string of the molecule is COC1(C)CCN(C2=C(C#N)C(=O)Cc3ccc(C(=O)CCCN(C)C)cc32)CC1. The predicted molar refractivity (Wildman–Crippen MR) is 116 cm³/mol. The van der Waals surface area contributed by atoms with Gasteiger partial charge in [0.25, 0.3) is 0 Å². The molecule has 0 unspecified atom stereocenters. The van der Waals surface area contributed by atoms with E-state index in [1.807, 2.05) is 32.3 Å². The van der Waals surface area contributed by atoms with E-state index in [1.54, 1.807) is 7.11 Å². The summed E-state index contributed by atoms with van der Waals surface area (Å²) in [5.41, 5.74) is 3.10. The number of ketones is 2. The second-order valence-corrected chi connectivity index (χ2v) is 8.78. The standard InChI is InChI=1S/C24H31N3O3/c1-24(30-4)9-12-27(13-10-24)23-19-14-18(21(28)6-5-11-26(2)3)8-7-17(19)15-22(29)20(23)16-25/h7-8,14H,5-6,9-13,15H2,1-4H3. The van der Waals surface area contributed by atoms with Crippen molar-refractivity contribution < 1.29 is 14.3 Å². The van der Waals surface area contributed by atoms with Gasteiger partial charge in [-0.2, -0.15) is 5.26 Å². The predicted octanol–water partition coefficient (Wildman–Crippen LogP) is 3.07. The van der Waals surface area contributed by atoms with Crippen LogP contribution in [-0.2, 0) is 16.0 Å². The molecule has 30 heavy (non-hydrogen) atoms. The molecule has 1 aliphatic heterocycles. The number of hydrogen-bond acceptors (Lipinski definition) is 6. The van der Waals surface area contributed by atoms with Crippen molar-refractivity contribution in [2.75, 3.05) is 40.8 Å². The van der Waals surface area contributed by atoms with E-state index in [9.17, 15) is 14.9 Å². The number of allylic oxidation sites excluding steroid dienone is 1. The highest BCUT2D eigenvalue weighted by atomic mass is 16.5. The van der Waals surface area contributed by atoms with Crippen molar-refractivity contribution in [2.45, 2.75) is 44.6 Å². The number of carbonyl (C=O) groups is 2. The highest BCUT2D eigenvalue weighted by molar-refractivity contribution is 6.10. The fourth-order valence-electron chi connectivity index (χ4n) is 4.20. The summed E-state index contributed by atoms with van der Waals surface area (Å²) in [6.45, 7) is 4.37. The van der Waals surface area contributed by atoms with Crippen molar-refractivity contribution in [1.82, 2.24) is 9.80 Å². The molecule has 0 N–H and O–H groups in total. The zero-order valence-corrected chi connectivity index (χ0v) is 18.5. The molecule has 0 amide bonds. The molecule has 0 spiro atoms. The third-order valence-corrected chi connectivity index (χ3v) is 6.30. The fraction of sp³-hybridized carbons (Fsp3) is 0.542. The molecular formula is C24H31N3O3. The van der Waals surface area contributed by atoms with Crippen LogP contribution in [0.2, 0.25) is 0 Å². The van der Waals surface area contributed by atoms with Gasteiger partial charge in [0.05, 0.1) is 11.3 Å². The maximum absolute atomic E-state index is 12.7. The Hall–Kier alpha value is -2.49. The van der Waals surface area contributed by atoms with Gasteiger partial charge in [-0.3, -0.25) is 9.59 Å². The maximum Gasteiger partial charge on any atom is 0.179 e. The first-order chi connectivity index (χ1) is 14.3. The van der Waals surface area contributed by atoms with E-state index in [0.29, 0.717) is 30.8 Å². The molecule has 0 atom stereocenters. The van der Waals surface area contributed by atoms with Gasteiger partial charge in [-0.05, 0) is 58.5 Å². The number of methoxy groups -OCH3 is 1. The number of Topliss-reactive ketones (excluding diaryl/α,β-unsaturated/α-hetero) is 2. The summed E-state index contributed by atoms with van der Waals surface area (Å²) in [6.07, 6.45) is 3.13. The van der Waals surface area contributed by atoms with Crippen LogP contribution in [0, 0.1) is 11.3 Å². The lowest BCUT2D eigenvalue weighted by molar-refractivity contribution is -0.114. The van der Waals surface area contributed by atoms with Crippen LogP contribution >= 0.6 is 0 Å². The van der Waals surface area contributed by atoms with Crippen LogP contribution in [0.25, 0.3) is 5.70 Å². The minimum atomic E-state index is -0.185. The first-order valence-electron chi connectivity index (χ1n) is 10.6. The lowest BCUT2D eigenvalue weighted by Gasteiger charge is -2.41. The number of rotatable bonds is 7. The van der Waals surface area contributed by atoms with Crippen LogP contribution in [0.3, 0.4) is 0 Å². The molecule has 1 aromatic carbocycles. The average Bonchev–Trinajstić information content (AvgIpc) is 2.73. The second-order valence-electron chi connectivity index (χ2n) is 8.78. The first-order valence-corrected chi connectivity index (χ1v) is 10.6. The zero-order valence-electron chi connectivity index (χ0n) is 18.5. The van der Waals surface area contributed by atoms with Crippen molar-refractivity contribution in [3.63, 3.8) is 0 Å². The number of carbonyl (C=O) groups excluding carboxylic acids is 2. The lowest BCUT2D eigenvalue weighted by Crippen LogP contribution is -2.43. The number of nitriles is 1. The van der Waals surface area contributed by atoms with E-state index >= 15 is 0 Å². The van der Waals surface area contributed by atoms with Gasteiger partial charge < -0.3 is 14.5 Å². The van der Waals surface area contributed by atoms with Crippen LogP contribution in [0.15, 0.2) is 23.8 Å². The Morgan fingerprint density at radius 3 is 2.60 bits per heavy atom. The average molecular weight is 410 g/mol. The molecule has 1 aromatic rings.